The molecule has 0 aliphatic rings. The summed E-state index contributed by atoms with van der Waals surface area (Å²) >= 11 is 0. The Morgan fingerprint density at radius 3 is 2.31 bits per heavy atom. The van der Waals surface area contributed by atoms with Gasteiger partial charge in [-0.15, -0.1) is 0 Å². The Balaban J connectivity index is 1.44. The first-order valence-corrected chi connectivity index (χ1v) is 11.2. The number of nitrogens with one attached hydrogen (secondary N) is 1. The van der Waals surface area contributed by atoms with Crippen LogP contribution in [0.25, 0.3) is 0 Å². The quantitative estimate of drug-likeness (QED) is 0.330. The number of carboxylic acid groups (broad SMARTS) is 1. The Hall–Kier alpha value is -3.95. The number of hydrogen-bond donors (Lipinski definition) is 2. The van der Waals surface area contributed by atoms with Crippen LogP contribution in [0.1, 0.15) is 22.8 Å². The third-order valence-electron chi connectivity index (χ3n) is 4.71. The molecule has 35 heavy (non-hydrogen) atoms. The van der Waals surface area contributed by atoms with E-state index in [0.717, 1.165) is 0 Å². The van der Waals surface area contributed by atoms with Gasteiger partial charge in [-0.2, -0.15) is 0 Å². The van der Waals surface area contributed by atoms with Gasteiger partial charge in [-0.3, -0.25) is 4.79 Å². The van der Waals surface area contributed by atoms with E-state index in [1.807, 2.05) is 6.92 Å². The number of pyridine rings is 1. The molecule has 0 aliphatic heterocycles. The lowest BCUT2D eigenvalue weighted by atomic mass is 10.1. The topological polar surface area (TPSA) is 116 Å². The number of amides is 1. The summed E-state index contributed by atoms with van der Waals surface area (Å²) in [6.45, 7) is 4.65. The van der Waals surface area contributed by atoms with Crippen LogP contribution in [-0.2, 0) is 20.7 Å². The van der Waals surface area contributed by atoms with Crippen molar-refractivity contribution in [2.45, 2.75) is 13.3 Å². The van der Waals surface area contributed by atoms with Gasteiger partial charge in [-0.25, -0.2) is 9.78 Å². The monoisotopic (exact) mass is 480 g/mol. The molecule has 9 heteroatoms. The standard InChI is InChI=1S/C26H28N2O7/c1-2-32-13-14-33-15-16-34-20-8-10-21(11-9-20)35-25-12-7-19(18-27-25)17-24(29)28-23-6-4-3-5-22(23)26(30)31/h3-12,18H,2,13-17H2,1H3,(H,28,29)(H,30,31). The number of carbonyl (C=O) groups excluding carboxylic acids is 1. The zero-order valence-corrected chi connectivity index (χ0v) is 19.4. The third-order valence-corrected chi connectivity index (χ3v) is 4.71. The van der Waals surface area contributed by atoms with Crippen LogP contribution in [0.2, 0.25) is 0 Å². The van der Waals surface area contributed by atoms with Crippen molar-refractivity contribution in [3.05, 3.63) is 78.0 Å². The highest BCUT2D eigenvalue weighted by atomic mass is 16.5. The van der Waals surface area contributed by atoms with Gasteiger partial charge in [0.1, 0.15) is 18.1 Å². The number of aromatic nitrogens is 1. The average Bonchev–Trinajstić information content (AvgIpc) is 2.86. The van der Waals surface area contributed by atoms with Crippen molar-refractivity contribution in [2.75, 3.05) is 38.4 Å². The highest BCUT2D eigenvalue weighted by Crippen LogP contribution is 2.23. The minimum absolute atomic E-state index is 0.0324. The van der Waals surface area contributed by atoms with Crippen LogP contribution in [0.3, 0.4) is 0 Å². The summed E-state index contributed by atoms with van der Waals surface area (Å²) in [4.78, 5) is 27.8. The van der Waals surface area contributed by atoms with Crippen LogP contribution in [0.5, 0.6) is 17.4 Å². The number of ether oxygens (including phenoxy) is 4. The van der Waals surface area contributed by atoms with Crippen LogP contribution in [0.15, 0.2) is 66.9 Å². The Bertz CT molecular complexity index is 1090. The van der Waals surface area contributed by atoms with Crippen LogP contribution >= 0.6 is 0 Å². The zero-order valence-electron chi connectivity index (χ0n) is 19.4. The highest BCUT2D eigenvalue weighted by molar-refractivity contribution is 6.00. The molecule has 0 saturated carbocycles. The fourth-order valence-corrected chi connectivity index (χ4v) is 3.04. The van der Waals surface area contributed by atoms with E-state index in [2.05, 4.69) is 10.3 Å². The second-order valence-electron chi connectivity index (χ2n) is 7.31. The fourth-order valence-electron chi connectivity index (χ4n) is 3.04. The van der Waals surface area contributed by atoms with E-state index in [1.54, 1.807) is 60.8 Å². The van der Waals surface area contributed by atoms with Crippen molar-refractivity contribution in [1.82, 2.24) is 4.98 Å². The average molecular weight is 481 g/mol. The molecule has 0 fully saturated rings. The molecule has 0 bridgehead atoms. The number of rotatable bonds is 14. The molecule has 0 atom stereocenters. The maximum absolute atomic E-state index is 12.3. The number of aromatic carboxylic acids is 1. The van der Waals surface area contributed by atoms with Gasteiger partial charge >= 0.3 is 5.97 Å². The number of benzene rings is 2. The zero-order chi connectivity index (χ0) is 24.9. The molecule has 9 nitrogen and oxygen atoms in total. The van der Waals surface area contributed by atoms with Gasteiger partial charge in [0.05, 0.1) is 37.5 Å². The van der Waals surface area contributed by atoms with Crippen LogP contribution in [-0.4, -0.2) is 55.0 Å². The van der Waals surface area contributed by atoms with Gasteiger partial charge in [0.25, 0.3) is 0 Å². The van der Waals surface area contributed by atoms with Crippen molar-refractivity contribution < 1.29 is 33.6 Å². The molecule has 3 aromatic rings. The van der Waals surface area contributed by atoms with Crippen LogP contribution in [0.4, 0.5) is 5.69 Å². The van der Waals surface area contributed by atoms with Gasteiger partial charge in [0.2, 0.25) is 11.8 Å². The number of carbonyl (C=O) groups is 2. The summed E-state index contributed by atoms with van der Waals surface area (Å²) in [5, 5.41) is 11.9. The molecule has 3 rings (SSSR count). The molecule has 184 valence electrons. The van der Waals surface area contributed by atoms with E-state index >= 15 is 0 Å². The van der Waals surface area contributed by atoms with Crippen molar-refractivity contribution >= 4 is 17.6 Å². The Morgan fingerprint density at radius 1 is 0.886 bits per heavy atom. The number of nitrogens with zero attached hydrogens (tertiary/aromatic N) is 1. The molecule has 0 aliphatic carbocycles. The SMILES string of the molecule is CCOCCOCCOc1ccc(Oc2ccc(CC(=O)Nc3ccccc3C(=O)O)cn2)cc1. The van der Waals surface area contributed by atoms with E-state index < -0.39 is 5.97 Å². The third kappa shape index (κ3) is 8.73. The van der Waals surface area contributed by atoms with E-state index in [9.17, 15) is 14.7 Å². The number of para-hydroxylation sites is 1. The first-order chi connectivity index (χ1) is 17.0. The first kappa shape index (κ1) is 25.7. The summed E-state index contributed by atoms with van der Waals surface area (Å²) < 4.78 is 22.0. The van der Waals surface area contributed by atoms with Gasteiger partial charge < -0.3 is 29.4 Å². The number of anilines is 1. The molecule has 0 radical (unpaired) electrons. The lowest BCUT2D eigenvalue weighted by Crippen LogP contribution is -2.16. The maximum atomic E-state index is 12.3. The van der Waals surface area contributed by atoms with Crippen LogP contribution < -0.4 is 14.8 Å². The summed E-state index contributed by atoms with van der Waals surface area (Å²) in [5.74, 6) is 0.218. The second-order valence-corrected chi connectivity index (χ2v) is 7.31. The van der Waals surface area contributed by atoms with E-state index in [-0.39, 0.29) is 23.6 Å². The largest absolute Gasteiger partial charge is 0.491 e. The van der Waals surface area contributed by atoms with E-state index in [1.165, 1.54) is 6.07 Å². The summed E-state index contributed by atoms with van der Waals surface area (Å²) in [6, 6.07) is 16.8. The molecule has 0 unspecified atom stereocenters. The van der Waals surface area contributed by atoms with E-state index in [0.29, 0.717) is 56.0 Å². The Labute approximate surface area is 203 Å². The normalized spacial score (nSPS) is 10.5. The lowest BCUT2D eigenvalue weighted by Gasteiger charge is -2.10. The molecule has 1 heterocycles. The van der Waals surface area contributed by atoms with E-state index in [4.69, 9.17) is 18.9 Å². The van der Waals surface area contributed by atoms with Crippen molar-refractivity contribution in [1.29, 1.82) is 0 Å². The van der Waals surface area contributed by atoms with Crippen molar-refractivity contribution in [2.24, 2.45) is 0 Å². The van der Waals surface area contributed by atoms with Gasteiger partial charge in [-0.05, 0) is 48.9 Å². The molecular weight excluding hydrogens is 452 g/mol. The molecule has 2 aromatic carbocycles. The number of hydrogen-bond acceptors (Lipinski definition) is 7. The molecule has 1 amide bonds. The first-order valence-electron chi connectivity index (χ1n) is 11.2. The fraction of sp³-hybridized carbons (Fsp3) is 0.269. The molecule has 2 N–H and O–H groups in total. The van der Waals surface area contributed by atoms with Gasteiger partial charge in [-0.1, -0.05) is 18.2 Å². The minimum atomic E-state index is -1.11. The molecule has 0 saturated heterocycles. The van der Waals surface area contributed by atoms with Crippen molar-refractivity contribution in [3.8, 4) is 17.4 Å². The summed E-state index contributed by atoms with van der Waals surface area (Å²) in [5.41, 5.74) is 0.944. The smallest absolute Gasteiger partial charge is 0.337 e. The molecule has 0 spiro atoms. The van der Waals surface area contributed by atoms with Gasteiger partial charge in [0, 0.05) is 18.9 Å². The minimum Gasteiger partial charge on any atom is -0.491 e. The van der Waals surface area contributed by atoms with Gasteiger partial charge in [0.15, 0.2) is 0 Å². The summed E-state index contributed by atoms with van der Waals surface area (Å²) in [6.07, 6.45) is 1.59. The lowest BCUT2D eigenvalue weighted by molar-refractivity contribution is -0.115. The Morgan fingerprint density at radius 2 is 1.60 bits per heavy atom. The Kier molecular flexibility index (Phi) is 10.0. The molecule has 1 aromatic heterocycles. The number of carboxylic acids is 1. The predicted molar refractivity (Wildman–Crippen MR) is 129 cm³/mol. The molecular formula is C26H28N2O7. The summed E-state index contributed by atoms with van der Waals surface area (Å²) in [7, 11) is 0. The van der Waals surface area contributed by atoms with Crippen molar-refractivity contribution in [3.63, 3.8) is 0 Å². The second kappa shape index (κ2) is 13.7. The predicted octanol–water partition coefficient (Wildman–Crippen LogP) is 4.19. The highest BCUT2D eigenvalue weighted by Gasteiger charge is 2.12. The maximum Gasteiger partial charge on any atom is 0.337 e. The van der Waals surface area contributed by atoms with Crippen LogP contribution in [0, 0.1) is 0 Å².